The Balaban J connectivity index is 1.51. The largest absolute Gasteiger partial charge is 0.374 e. The summed E-state index contributed by atoms with van der Waals surface area (Å²) in [5, 5.41) is 3.74. The molecule has 0 aromatic carbocycles. The molecule has 3 aliphatic rings. The molecular weight excluding hydrogens is 214 g/mol. The predicted molar refractivity (Wildman–Crippen MR) is 68.2 cm³/mol. The molecule has 0 aromatic heterocycles. The summed E-state index contributed by atoms with van der Waals surface area (Å²) < 4.78 is 5.87. The Kier molecular flexibility index (Phi) is 3.66. The number of fused-ring (bicyclic) bond motifs is 2. The lowest BCUT2D eigenvalue weighted by Crippen LogP contribution is -2.47. The Morgan fingerprint density at radius 2 is 2.00 bits per heavy atom. The van der Waals surface area contributed by atoms with Gasteiger partial charge in [-0.1, -0.05) is 0 Å². The van der Waals surface area contributed by atoms with E-state index in [1.54, 1.807) is 0 Å². The topological polar surface area (TPSA) is 27.7 Å². The molecule has 3 rings (SSSR count). The zero-order valence-corrected chi connectivity index (χ0v) is 10.9. The van der Waals surface area contributed by atoms with Crippen LogP contribution in [0.25, 0.3) is 0 Å². The molecule has 3 fully saturated rings. The number of hydrogen-bond acceptors (Lipinski definition) is 4. The van der Waals surface area contributed by atoms with E-state index in [1.165, 1.54) is 32.4 Å². The standard InChI is InChI=1S/C13H25N3O/c1-15-6-7-17-13(9-15)10-16-5-4-11-2-3-12(8-16)14-11/h11-14H,2-10H2,1H3. The molecule has 3 unspecified atom stereocenters. The van der Waals surface area contributed by atoms with Gasteiger partial charge in [0.1, 0.15) is 0 Å². The lowest BCUT2D eigenvalue weighted by atomic mass is 10.1. The maximum atomic E-state index is 5.87. The van der Waals surface area contributed by atoms with Gasteiger partial charge in [0.25, 0.3) is 0 Å². The van der Waals surface area contributed by atoms with Gasteiger partial charge in [0.2, 0.25) is 0 Å². The van der Waals surface area contributed by atoms with Crippen molar-refractivity contribution in [2.24, 2.45) is 0 Å². The maximum Gasteiger partial charge on any atom is 0.0829 e. The van der Waals surface area contributed by atoms with Crippen LogP contribution in [-0.2, 0) is 4.74 Å². The highest BCUT2D eigenvalue weighted by Gasteiger charge is 2.30. The third-order valence-electron chi connectivity index (χ3n) is 4.41. The van der Waals surface area contributed by atoms with Gasteiger partial charge in [0, 0.05) is 38.3 Å². The van der Waals surface area contributed by atoms with Crippen LogP contribution < -0.4 is 5.32 Å². The van der Waals surface area contributed by atoms with E-state index in [0.717, 1.165) is 38.3 Å². The fourth-order valence-corrected chi connectivity index (χ4v) is 3.45. The van der Waals surface area contributed by atoms with Crippen molar-refractivity contribution in [3.63, 3.8) is 0 Å². The fourth-order valence-electron chi connectivity index (χ4n) is 3.45. The quantitative estimate of drug-likeness (QED) is 0.742. The van der Waals surface area contributed by atoms with Crippen LogP contribution in [0.1, 0.15) is 19.3 Å². The number of ether oxygens (including phenoxy) is 1. The highest BCUT2D eigenvalue weighted by molar-refractivity contribution is 4.90. The molecular formula is C13H25N3O. The van der Waals surface area contributed by atoms with Crippen molar-refractivity contribution in [1.29, 1.82) is 0 Å². The summed E-state index contributed by atoms with van der Waals surface area (Å²) in [5.41, 5.74) is 0. The van der Waals surface area contributed by atoms with Gasteiger partial charge in [-0.3, -0.25) is 4.90 Å². The number of morpholine rings is 1. The number of likely N-dealkylation sites (N-methyl/N-ethyl adjacent to an activating group) is 1. The van der Waals surface area contributed by atoms with Gasteiger partial charge in [0.05, 0.1) is 12.7 Å². The van der Waals surface area contributed by atoms with E-state index in [4.69, 9.17) is 4.74 Å². The summed E-state index contributed by atoms with van der Waals surface area (Å²) in [6.45, 7) is 6.67. The van der Waals surface area contributed by atoms with Gasteiger partial charge in [-0.2, -0.15) is 0 Å². The van der Waals surface area contributed by atoms with Gasteiger partial charge < -0.3 is 15.0 Å². The van der Waals surface area contributed by atoms with Crippen molar-refractivity contribution in [3.8, 4) is 0 Å². The maximum absolute atomic E-state index is 5.87. The van der Waals surface area contributed by atoms with Crippen molar-refractivity contribution in [2.45, 2.75) is 37.5 Å². The van der Waals surface area contributed by atoms with Crippen molar-refractivity contribution in [3.05, 3.63) is 0 Å². The molecule has 4 heteroatoms. The molecule has 0 radical (unpaired) electrons. The Morgan fingerprint density at radius 3 is 2.88 bits per heavy atom. The molecule has 3 saturated heterocycles. The third kappa shape index (κ3) is 2.99. The van der Waals surface area contributed by atoms with Gasteiger partial charge in [-0.25, -0.2) is 0 Å². The molecule has 2 bridgehead atoms. The van der Waals surface area contributed by atoms with Crippen LogP contribution >= 0.6 is 0 Å². The first-order valence-electron chi connectivity index (χ1n) is 7.08. The molecule has 0 aliphatic carbocycles. The summed E-state index contributed by atoms with van der Waals surface area (Å²) in [6.07, 6.45) is 4.50. The number of nitrogens with one attached hydrogen (secondary N) is 1. The molecule has 4 nitrogen and oxygen atoms in total. The summed E-state index contributed by atoms with van der Waals surface area (Å²) in [6, 6.07) is 1.53. The molecule has 98 valence electrons. The van der Waals surface area contributed by atoms with Gasteiger partial charge in [-0.15, -0.1) is 0 Å². The Bertz CT molecular complexity index is 261. The summed E-state index contributed by atoms with van der Waals surface area (Å²) in [4.78, 5) is 5.00. The number of likely N-dealkylation sites (tertiary alicyclic amines) is 1. The minimum Gasteiger partial charge on any atom is -0.374 e. The number of hydrogen-bond donors (Lipinski definition) is 1. The Morgan fingerprint density at radius 1 is 1.12 bits per heavy atom. The van der Waals surface area contributed by atoms with Gasteiger partial charge in [-0.05, 0) is 32.9 Å². The molecule has 1 N–H and O–H groups in total. The second kappa shape index (κ2) is 5.22. The monoisotopic (exact) mass is 239 g/mol. The minimum atomic E-state index is 0.422. The van der Waals surface area contributed by atoms with E-state index >= 15 is 0 Å². The second-order valence-corrected chi connectivity index (χ2v) is 5.94. The lowest BCUT2D eigenvalue weighted by molar-refractivity contribution is -0.0359. The molecule has 0 amide bonds. The van der Waals surface area contributed by atoms with Crippen LogP contribution in [0.15, 0.2) is 0 Å². The number of rotatable bonds is 2. The molecule has 3 aliphatic heterocycles. The van der Waals surface area contributed by atoms with Crippen LogP contribution in [0.5, 0.6) is 0 Å². The molecule has 0 aromatic rings. The highest BCUT2D eigenvalue weighted by Crippen LogP contribution is 2.20. The predicted octanol–water partition coefficient (Wildman–Crippen LogP) is 0.143. The first kappa shape index (κ1) is 11.9. The Labute approximate surface area is 104 Å². The van der Waals surface area contributed by atoms with E-state index in [-0.39, 0.29) is 0 Å². The van der Waals surface area contributed by atoms with Crippen molar-refractivity contribution in [2.75, 3.05) is 46.4 Å². The third-order valence-corrected chi connectivity index (χ3v) is 4.41. The van der Waals surface area contributed by atoms with E-state index in [0.29, 0.717) is 6.10 Å². The average molecular weight is 239 g/mol. The van der Waals surface area contributed by atoms with Gasteiger partial charge in [0.15, 0.2) is 0 Å². The van der Waals surface area contributed by atoms with E-state index in [2.05, 4.69) is 22.2 Å². The van der Waals surface area contributed by atoms with Crippen LogP contribution in [0.2, 0.25) is 0 Å². The summed E-state index contributed by atoms with van der Waals surface area (Å²) in [7, 11) is 2.20. The van der Waals surface area contributed by atoms with Gasteiger partial charge >= 0.3 is 0 Å². The van der Waals surface area contributed by atoms with Crippen molar-refractivity contribution >= 4 is 0 Å². The van der Waals surface area contributed by atoms with Crippen molar-refractivity contribution < 1.29 is 4.74 Å². The minimum absolute atomic E-state index is 0.422. The van der Waals surface area contributed by atoms with Crippen LogP contribution in [0.3, 0.4) is 0 Å². The zero-order chi connectivity index (χ0) is 11.7. The van der Waals surface area contributed by atoms with E-state index in [9.17, 15) is 0 Å². The second-order valence-electron chi connectivity index (χ2n) is 5.94. The average Bonchev–Trinajstić information content (AvgIpc) is 2.63. The molecule has 17 heavy (non-hydrogen) atoms. The molecule has 0 spiro atoms. The highest BCUT2D eigenvalue weighted by atomic mass is 16.5. The van der Waals surface area contributed by atoms with Crippen molar-refractivity contribution in [1.82, 2.24) is 15.1 Å². The normalized spacial score (nSPS) is 40.4. The molecule has 3 atom stereocenters. The van der Waals surface area contributed by atoms with E-state index in [1.807, 2.05) is 0 Å². The summed E-state index contributed by atoms with van der Waals surface area (Å²) in [5.74, 6) is 0. The number of nitrogens with zero attached hydrogens (tertiary/aromatic N) is 2. The Hall–Kier alpha value is -0.160. The zero-order valence-electron chi connectivity index (χ0n) is 10.9. The SMILES string of the molecule is CN1CCOC(CN2CCC3CCC(C2)N3)C1. The molecule has 0 saturated carbocycles. The van der Waals surface area contributed by atoms with Crippen LogP contribution in [0.4, 0.5) is 0 Å². The first-order valence-corrected chi connectivity index (χ1v) is 7.08. The fraction of sp³-hybridized carbons (Fsp3) is 1.00. The molecule has 3 heterocycles. The van der Waals surface area contributed by atoms with E-state index < -0.39 is 0 Å². The van der Waals surface area contributed by atoms with Crippen LogP contribution in [-0.4, -0.2) is 74.4 Å². The lowest BCUT2D eigenvalue weighted by Gasteiger charge is -2.34. The van der Waals surface area contributed by atoms with Crippen LogP contribution in [0, 0.1) is 0 Å². The first-order chi connectivity index (χ1) is 8.29. The summed E-state index contributed by atoms with van der Waals surface area (Å²) >= 11 is 0. The smallest absolute Gasteiger partial charge is 0.0829 e.